The highest BCUT2D eigenvalue weighted by molar-refractivity contribution is 6.02. The number of amides is 1. The molecule has 5 nitrogen and oxygen atoms in total. The summed E-state index contributed by atoms with van der Waals surface area (Å²) in [6, 6.07) is 5.32. The first-order valence-corrected chi connectivity index (χ1v) is 5.86. The Morgan fingerprint density at radius 2 is 2.22 bits per heavy atom. The summed E-state index contributed by atoms with van der Waals surface area (Å²) in [4.78, 5) is 24.1. The average molecular weight is 240 g/mol. The van der Waals surface area contributed by atoms with E-state index in [1.807, 2.05) is 0 Å². The first-order chi connectivity index (χ1) is 8.83. The van der Waals surface area contributed by atoms with Crippen molar-refractivity contribution in [2.75, 3.05) is 5.32 Å². The highest BCUT2D eigenvalue weighted by atomic mass is 16.1. The van der Waals surface area contributed by atoms with E-state index in [-0.39, 0.29) is 5.91 Å². The maximum atomic E-state index is 12.0. The van der Waals surface area contributed by atoms with Crippen molar-refractivity contribution in [2.24, 2.45) is 0 Å². The second-order valence-corrected chi connectivity index (χ2v) is 4.30. The molecule has 0 atom stereocenters. The SMILES string of the molecule is O=C(Nc1cccnc1)c1cc(C2CC2)ncn1. The maximum absolute atomic E-state index is 12.0. The van der Waals surface area contributed by atoms with Crippen molar-refractivity contribution >= 4 is 11.6 Å². The summed E-state index contributed by atoms with van der Waals surface area (Å²) in [5.74, 6) is 0.283. The quantitative estimate of drug-likeness (QED) is 0.891. The van der Waals surface area contributed by atoms with Gasteiger partial charge in [0.25, 0.3) is 5.91 Å². The van der Waals surface area contributed by atoms with Crippen molar-refractivity contribution in [3.05, 3.63) is 48.3 Å². The molecule has 0 aliphatic heterocycles. The topological polar surface area (TPSA) is 67.8 Å². The highest BCUT2D eigenvalue weighted by Gasteiger charge is 2.25. The van der Waals surface area contributed by atoms with Crippen LogP contribution in [0.3, 0.4) is 0 Å². The van der Waals surface area contributed by atoms with E-state index in [2.05, 4.69) is 20.3 Å². The molecule has 90 valence electrons. The number of rotatable bonds is 3. The van der Waals surface area contributed by atoms with Crippen molar-refractivity contribution in [3.63, 3.8) is 0 Å². The number of nitrogens with zero attached hydrogens (tertiary/aromatic N) is 3. The molecule has 1 fully saturated rings. The molecule has 5 heteroatoms. The molecule has 1 N–H and O–H groups in total. The third kappa shape index (κ3) is 2.34. The van der Waals surface area contributed by atoms with Gasteiger partial charge in [0, 0.05) is 17.8 Å². The molecule has 3 rings (SSSR count). The average Bonchev–Trinajstić information content (AvgIpc) is 3.24. The fraction of sp³-hybridized carbons (Fsp3) is 0.231. The van der Waals surface area contributed by atoms with Crippen LogP contribution in [0.1, 0.15) is 34.9 Å². The van der Waals surface area contributed by atoms with Crippen LogP contribution in [-0.4, -0.2) is 20.9 Å². The third-order valence-electron chi connectivity index (χ3n) is 2.84. The third-order valence-corrected chi connectivity index (χ3v) is 2.84. The largest absolute Gasteiger partial charge is 0.319 e. The van der Waals surface area contributed by atoms with Crippen LogP contribution in [0.2, 0.25) is 0 Å². The molecule has 0 unspecified atom stereocenters. The zero-order chi connectivity index (χ0) is 12.4. The lowest BCUT2D eigenvalue weighted by Gasteiger charge is -2.04. The Kier molecular flexibility index (Phi) is 2.72. The number of hydrogen-bond donors (Lipinski definition) is 1. The first kappa shape index (κ1) is 10.8. The molecule has 2 aromatic heterocycles. The number of pyridine rings is 1. The molecule has 2 aromatic rings. The number of aromatic nitrogens is 3. The zero-order valence-electron chi connectivity index (χ0n) is 9.71. The summed E-state index contributed by atoms with van der Waals surface area (Å²) < 4.78 is 0. The van der Waals surface area contributed by atoms with Crippen LogP contribution >= 0.6 is 0 Å². The van der Waals surface area contributed by atoms with Crippen molar-refractivity contribution in [3.8, 4) is 0 Å². The van der Waals surface area contributed by atoms with Gasteiger partial charge in [0.15, 0.2) is 0 Å². The number of hydrogen-bond acceptors (Lipinski definition) is 4. The second kappa shape index (κ2) is 4.52. The minimum absolute atomic E-state index is 0.229. The molecule has 0 spiro atoms. The molecule has 0 aromatic carbocycles. The molecule has 1 aliphatic rings. The van der Waals surface area contributed by atoms with Crippen LogP contribution in [-0.2, 0) is 0 Å². The van der Waals surface area contributed by atoms with E-state index < -0.39 is 0 Å². The summed E-state index contributed by atoms with van der Waals surface area (Å²) in [7, 11) is 0. The van der Waals surface area contributed by atoms with Crippen LogP contribution in [0.25, 0.3) is 0 Å². The normalized spacial score (nSPS) is 14.2. The lowest BCUT2D eigenvalue weighted by atomic mass is 10.2. The van der Waals surface area contributed by atoms with E-state index >= 15 is 0 Å². The van der Waals surface area contributed by atoms with Gasteiger partial charge in [-0.05, 0) is 31.0 Å². The Morgan fingerprint density at radius 1 is 1.33 bits per heavy atom. The predicted molar refractivity (Wildman–Crippen MR) is 66.2 cm³/mol. The molecule has 1 amide bonds. The predicted octanol–water partition coefficient (Wildman–Crippen LogP) is 2.00. The fourth-order valence-electron chi connectivity index (χ4n) is 1.73. The van der Waals surface area contributed by atoms with E-state index in [1.165, 1.54) is 6.33 Å². The van der Waals surface area contributed by atoms with Gasteiger partial charge in [0.05, 0.1) is 11.9 Å². The molecule has 0 radical (unpaired) electrons. The van der Waals surface area contributed by atoms with Crippen LogP contribution in [0.4, 0.5) is 5.69 Å². The van der Waals surface area contributed by atoms with Gasteiger partial charge in [-0.2, -0.15) is 0 Å². The molecular weight excluding hydrogens is 228 g/mol. The first-order valence-electron chi connectivity index (χ1n) is 5.86. The van der Waals surface area contributed by atoms with Crippen molar-refractivity contribution < 1.29 is 4.79 Å². The second-order valence-electron chi connectivity index (χ2n) is 4.30. The van der Waals surface area contributed by atoms with E-state index in [9.17, 15) is 4.79 Å². The number of carbonyl (C=O) groups excluding carboxylic acids is 1. The smallest absolute Gasteiger partial charge is 0.274 e. The highest BCUT2D eigenvalue weighted by Crippen LogP contribution is 2.38. The van der Waals surface area contributed by atoms with Crippen LogP contribution < -0.4 is 5.32 Å². The van der Waals surface area contributed by atoms with Crippen LogP contribution in [0.15, 0.2) is 36.9 Å². The van der Waals surface area contributed by atoms with E-state index in [4.69, 9.17) is 0 Å². The van der Waals surface area contributed by atoms with Gasteiger partial charge in [0.1, 0.15) is 12.0 Å². The van der Waals surface area contributed by atoms with E-state index in [0.29, 0.717) is 17.3 Å². The Bertz CT molecular complexity index is 566. The Balaban J connectivity index is 1.77. The summed E-state index contributed by atoms with van der Waals surface area (Å²) in [5, 5.41) is 2.75. The van der Waals surface area contributed by atoms with Crippen molar-refractivity contribution in [1.82, 2.24) is 15.0 Å². The molecule has 18 heavy (non-hydrogen) atoms. The summed E-state index contributed by atoms with van der Waals surface area (Å²) >= 11 is 0. The number of carbonyl (C=O) groups is 1. The molecule has 2 heterocycles. The number of anilines is 1. The molecule has 1 saturated carbocycles. The minimum atomic E-state index is -0.229. The Labute approximate surface area is 104 Å². The van der Waals surface area contributed by atoms with Gasteiger partial charge in [0.2, 0.25) is 0 Å². The van der Waals surface area contributed by atoms with Gasteiger partial charge in [-0.15, -0.1) is 0 Å². The van der Waals surface area contributed by atoms with Gasteiger partial charge in [-0.25, -0.2) is 9.97 Å². The van der Waals surface area contributed by atoms with Crippen molar-refractivity contribution in [1.29, 1.82) is 0 Å². The van der Waals surface area contributed by atoms with Gasteiger partial charge < -0.3 is 5.32 Å². The van der Waals surface area contributed by atoms with Crippen LogP contribution in [0, 0.1) is 0 Å². The van der Waals surface area contributed by atoms with Gasteiger partial charge in [-0.1, -0.05) is 0 Å². The van der Waals surface area contributed by atoms with Crippen LogP contribution in [0.5, 0.6) is 0 Å². The van der Waals surface area contributed by atoms with Gasteiger partial charge in [-0.3, -0.25) is 9.78 Å². The molecule has 0 bridgehead atoms. The lowest BCUT2D eigenvalue weighted by molar-refractivity contribution is 0.102. The van der Waals surface area contributed by atoms with E-state index in [0.717, 1.165) is 18.5 Å². The summed E-state index contributed by atoms with van der Waals surface area (Å²) in [5.41, 5.74) is 2.02. The number of nitrogens with one attached hydrogen (secondary N) is 1. The summed E-state index contributed by atoms with van der Waals surface area (Å²) in [6.45, 7) is 0. The van der Waals surface area contributed by atoms with Crippen molar-refractivity contribution in [2.45, 2.75) is 18.8 Å². The molecule has 0 saturated heterocycles. The minimum Gasteiger partial charge on any atom is -0.319 e. The molecule has 1 aliphatic carbocycles. The Hall–Kier alpha value is -2.30. The maximum Gasteiger partial charge on any atom is 0.274 e. The monoisotopic (exact) mass is 240 g/mol. The van der Waals surface area contributed by atoms with Gasteiger partial charge >= 0.3 is 0 Å². The lowest BCUT2D eigenvalue weighted by Crippen LogP contribution is -2.14. The zero-order valence-corrected chi connectivity index (χ0v) is 9.71. The standard InChI is InChI=1S/C13H12N4O/c18-13(17-10-2-1-5-14-7-10)12-6-11(9-3-4-9)15-8-16-12/h1-2,5-9H,3-4H2,(H,17,18). The fourth-order valence-corrected chi connectivity index (χ4v) is 1.73. The van der Waals surface area contributed by atoms with E-state index in [1.54, 1.807) is 30.6 Å². The molecular formula is C13H12N4O. The Morgan fingerprint density at radius 3 is 2.94 bits per heavy atom. The summed E-state index contributed by atoms with van der Waals surface area (Å²) in [6.07, 6.45) is 7.01.